The van der Waals surface area contributed by atoms with Crippen LogP contribution >= 0.6 is 0 Å². The third kappa shape index (κ3) is 6.84. The number of nitrogens with zero attached hydrogens (tertiary/aromatic N) is 1. The molecule has 0 saturated carbocycles. The third-order valence-corrected chi connectivity index (χ3v) is 5.17. The van der Waals surface area contributed by atoms with E-state index in [4.69, 9.17) is 14.2 Å². The van der Waals surface area contributed by atoms with Crippen LogP contribution in [0.3, 0.4) is 0 Å². The number of nitro groups is 1. The maximum Gasteiger partial charge on any atom is 0.357 e. The Morgan fingerprint density at radius 3 is 2.25 bits per heavy atom. The highest BCUT2D eigenvalue weighted by molar-refractivity contribution is 5.72. The van der Waals surface area contributed by atoms with Crippen molar-refractivity contribution in [3.8, 4) is 17.2 Å². The molecule has 0 aliphatic rings. The number of benzene rings is 2. The first kappa shape index (κ1) is 26.3. The lowest BCUT2D eigenvalue weighted by molar-refractivity contribution is -0.386. The van der Waals surface area contributed by atoms with Crippen LogP contribution in [0.5, 0.6) is 17.2 Å². The second-order valence-corrected chi connectivity index (χ2v) is 8.87. The number of nitrogens with one attached hydrogen (secondary N) is 2. The predicted octanol–water partition coefficient (Wildman–Crippen LogP) is 4.30. The molecule has 1 aromatic heterocycles. The highest BCUT2D eigenvalue weighted by Crippen LogP contribution is 2.30. The van der Waals surface area contributed by atoms with Gasteiger partial charge in [0.25, 0.3) is 0 Å². The van der Waals surface area contributed by atoms with Gasteiger partial charge in [-0.1, -0.05) is 45.0 Å². The molecule has 36 heavy (non-hydrogen) atoms. The van der Waals surface area contributed by atoms with E-state index in [2.05, 4.69) is 25.8 Å². The molecule has 0 amide bonds. The van der Waals surface area contributed by atoms with E-state index < -0.39 is 21.9 Å². The fraction of sp³-hybridized carbons (Fsp3) is 0.308. The quantitative estimate of drug-likeness (QED) is 0.243. The molecule has 2 aromatic carbocycles. The molecule has 3 aromatic rings. The molecule has 0 spiro atoms. The Balaban J connectivity index is 1.67. The summed E-state index contributed by atoms with van der Waals surface area (Å²) in [5.74, 6) is 1.74. The largest absolute Gasteiger partial charge is 0.490 e. The zero-order chi connectivity index (χ0) is 26.3. The SMILES string of the molecule is CCOc1cc(/C=C/c2[nH]c(=O)[nH]c(=O)c2[N+](=O)[O-])ccc1OCCOc1ccc(C(C)(C)C)cc1. The van der Waals surface area contributed by atoms with Gasteiger partial charge in [-0.3, -0.25) is 19.9 Å². The third-order valence-electron chi connectivity index (χ3n) is 5.17. The Morgan fingerprint density at radius 1 is 0.917 bits per heavy atom. The van der Waals surface area contributed by atoms with Crippen molar-refractivity contribution in [2.45, 2.75) is 33.1 Å². The van der Waals surface area contributed by atoms with Gasteiger partial charge in [-0.15, -0.1) is 0 Å². The van der Waals surface area contributed by atoms with Gasteiger partial charge in [0.15, 0.2) is 11.5 Å². The van der Waals surface area contributed by atoms with Crippen molar-refractivity contribution in [1.82, 2.24) is 9.97 Å². The maximum atomic E-state index is 11.8. The van der Waals surface area contributed by atoms with Crippen LogP contribution in [0.25, 0.3) is 12.2 Å². The van der Waals surface area contributed by atoms with Crippen LogP contribution in [0.4, 0.5) is 5.69 Å². The molecule has 0 fully saturated rings. The molecule has 190 valence electrons. The van der Waals surface area contributed by atoms with E-state index in [1.54, 1.807) is 18.2 Å². The summed E-state index contributed by atoms with van der Waals surface area (Å²) in [7, 11) is 0. The summed E-state index contributed by atoms with van der Waals surface area (Å²) in [6.45, 7) is 9.31. The van der Waals surface area contributed by atoms with Crippen LogP contribution in [-0.4, -0.2) is 34.7 Å². The van der Waals surface area contributed by atoms with Crippen LogP contribution in [0.2, 0.25) is 0 Å². The second-order valence-electron chi connectivity index (χ2n) is 8.87. The van der Waals surface area contributed by atoms with E-state index in [0.717, 1.165) is 5.75 Å². The summed E-state index contributed by atoms with van der Waals surface area (Å²) in [6, 6.07) is 13.1. The first-order valence-electron chi connectivity index (χ1n) is 11.4. The van der Waals surface area contributed by atoms with Crippen molar-refractivity contribution in [3.63, 3.8) is 0 Å². The van der Waals surface area contributed by atoms with Gasteiger partial charge in [0, 0.05) is 0 Å². The van der Waals surface area contributed by atoms with Crippen LogP contribution in [-0.2, 0) is 5.41 Å². The minimum atomic E-state index is -1.07. The topological polar surface area (TPSA) is 137 Å². The second kappa shape index (κ2) is 11.4. The first-order valence-corrected chi connectivity index (χ1v) is 11.4. The molecule has 0 saturated heterocycles. The zero-order valence-electron chi connectivity index (χ0n) is 20.6. The number of aromatic amines is 2. The normalized spacial score (nSPS) is 11.4. The number of aromatic nitrogens is 2. The lowest BCUT2D eigenvalue weighted by atomic mass is 9.87. The average molecular weight is 496 g/mol. The van der Waals surface area contributed by atoms with Gasteiger partial charge in [-0.2, -0.15) is 0 Å². The molecule has 2 N–H and O–H groups in total. The monoisotopic (exact) mass is 495 g/mol. The van der Waals surface area contributed by atoms with E-state index in [1.807, 2.05) is 36.2 Å². The Labute approximate surface area is 207 Å². The molecule has 0 radical (unpaired) electrons. The number of ether oxygens (including phenoxy) is 3. The molecular formula is C26H29N3O7. The molecule has 0 aliphatic heterocycles. The smallest absolute Gasteiger partial charge is 0.357 e. The molecule has 3 rings (SSSR count). The van der Waals surface area contributed by atoms with Gasteiger partial charge in [0.1, 0.15) is 24.7 Å². The van der Waals surface area contributed by atoms with Crippen molar-refractivity contribution in [3.05, 3.63) is 90.2 Å². The molecular weight excluding hydrogens is 466 g/mol. The summed E-state index contributed by atoms with van der Waals surface area (Å²) < 4.78 is 17.3. The zero-order valence-corrected chi connectivity index (χ0v) is 20.6. The first-order chi connectivity index (χ1) is 17.1. The predicted molar refractivity (Wildman–Crippen MR) is 137 cm³/mol. The fourth-order valence-electron chi connectivity index (χ4n) is 3.36. The Bertz CT molecular complexity index is 1350. The van der Waals surface area contributed by atoms with E-state index >= 15 is 0 Å². The van der Waals surface area contributed by atoms with Crippen molar-refractivity contribution >= 4 is 17.8 Å². The highest BCUT2D eigenvalue weighted by atomic mass is 16.6. The number of H-pyrrole nitrogens is 2. The lowest BCUT2D eigenvalue weighted by Gasteiger charge is -2.19. The van der Waals surface area contributed by atoms with Gasteiger partial charge in [-0.05, 0) is 53.8 Å². The Hall–Kier alpha value is -4.34. The van der Waals surface area contributed by atoms with Crippen LogP contribution < -0.4 is 25.5 Å². The summed E-state index contributed by atoms with van der Waals surface area (Å²) in [4.78, 5) is 37.8. The Morgan fingerprint density at radius 2 is 1.61 bits per heavy atom. The lowest BCUT2D eigenvalue weighted by Crippen LogP contribution is -2.25. The summed E-state index contributed by atoms with van der Waals surface area (Å²) in [5, 5.41) is 11.2. The van der Waals surface area contributed by atoms with Crippen LogP contribution in [0, 0.1) is 10.1 Å². The van der Waals surface area contributed by atoms with Crippen molar-refractivity contribution < 1.29 is 19.1 Å². The van der Waals surface area contributed by atoms with Crippen LogP contribution in [0.15, 0.2) is 52.1 Å². The number of rotatable bonds is 10. The maximum absolute atomic E-state index is 11.8. The molecule has 10 nitrogen and oxygen atoms in total. The summed E-state index contributed by atoms with van der Waals surface area (Å²) >= 11 is 0. The highest BCUT2D eigenvalue weighted by Gasteiger charge is 2.19. The van der Waals surface area contributed by atoms with E-state index in [1.165, 1.54) is 17.7 Å². The van der Waals surface area contributed by atoms with Gasteiger partial charge < -0.3 is 19.2 Å². The van der Waals surface area contributed by atoms with Gasteiger partial charge in [0.05, 0.1) is 11.5 Å². The summed E-state index contributed by atoms with van der Waals surface area (Å²) in [5.41, 5.74) is -0.948. The fourth-order valence-corrected chi connectivity index (χ4v) is 3.36. The van der Waals surface area contributed by atoms with Crippen LogP contribution in [0.1, 0.15) is 44.5 Å². The molecule has 0 unspecified atom stereocenters. The van der Waals surface area contributed by atoms with E-state index in [-0.39, 0.29) is 17.7 Å². The average Bonchev–Trinajstić information content (AvgIpc) is 2.80. The molecule has 0 atom stereocenters. The Kier molecular flexibility index (Phi) is 8.31. The minimum Gasteiger partial charge on any atom is -0.490 e. The summed E-state index contributed by atoms with van der Waals surface area (Å²) in [6.07, 6.45) is 2.81. The van der Waals surface area contributed by atoms with Gasteiger partial charge >= 0.3 is 16.9 Å². The molecule has 0 bridgehead atoms. The van der Waals surface area contributed by atoms with Gasteiger partial charge in [0.2, 0.25) is 0 Å². The van der Waals surface area contributed by atoms with Crippen molar-refractivity contribution in [1.29, 1.82) is 0 Å². The molecule has 1 heterocycles. The minimum absolute atomic E-state index is 0.0727. The van der Waals surface area contributed by atoms with Crippen molar-refractivity contribution in [2.75, 3.05) is 19.8 Å². The number of hydrogen-bond donors (Lipinski definition) is 2. The standard InChI is InChI=1S/C26H29N3O7/c1-5-34-22-16-17(6-12-20-23(29(32)33)24(30)28-25(31)27-20)7-13-21(22)36-15-14-35-19-10-8-18(9-11-19)26(2,3)4/h6-13,16H,5,14-15H2,1-4H3,(H2,27,28,30,31)/b12-6+. The molecule has 0 aliphatic carbocycles. The van der Waals surface area contributed by atoms with E-state index in [0.29, 0.717) is 30.3 Å². The van der Waals surface area contributed by atoms with Crippen molar-refractivity contribution in [2.24, 2.45) is 0 Å². The number of hydrogen-bond acceptors (Lipinski definition) is 7. The molecule has 10 heteroatoms. The van der Waals surface area contributed by atoms with E-state index in [9.17, 15) is 19.7 Å². The van der Waals surface area contributed by atoms with Gasteiger partial charge in [-0.25, -0.2) is 4.79 Å².